The van der Waals surface area contributed by atoms with Gasteiger partial charge in [-0.15, -0.1) is 0 Å². The van der Waals surface area contributed by atoms with Gasteiger partial charge in [0.15, 0.2) is 0 Å². The molecule has 0 saturated carbocycles. The van der Waals surface area contributed by atoms with Crippen LogP contribution in [0.25, 0.3) is 0 Å². The topological polar surface area (TPSA) is 117 Å². The summed E-state index contributed by atoms with van der Waals surface area (Å²) >= 11 is 0. The van der Waals surface area contributed by atoms with Gasteiger partial charge in [0.1, 0.15) is 0 Å². The van der Waals surface area contributed by atoms with Gasteiger partial charge >= 0.3 is 11.9 Å². The Labute approximate surface area is 116 Å². The lowest BCUT2D eigenvalue weighted by atomic mass is 10.3. The van der Waals surface area contributed by atoms with Crippen molar-refractivity contribution < 1.29 is 29.3 Å². The van der Waals surface area contributed by atoms with Crippen molar-refractivity contribution >= 4 is 11.9 Å². The van der Waals surface area contributed by atoms with Crippen LogP contribution in [-0.2, 0) is 19.1 Å². The van der Waals surface area contributed by atoms with E-state index in [1.54, 1.807) is 0 Å². The molecule has 20 heavy (non-hydrogen) atoms. The van der Waals surface area contributed by atoms with Crippen LogP contribution in [0.2, 0.25) is 0 Å². The van der Waals surface area contributed by atoms with E-state index in [0.717, 1.165) is 26.3 Å². The second-order valence-corrected chi connectivity index (χ2v) is 5.20. The third-order valence-corrected chi connectivity index (χ3v) is 3.61. The first-order valence-corrected chi connectivity index (χ1v) is 6.70. The first-order valence-electron chi connectivity index (χ1n) is 6.70. The molecule has 114 valence electrons. The average Bonchev–Trinajstić information content (AvgIpc) is 3.22. The van der Waals surface area contributed by atoms with Gasteiger partial charge in [-0.1, -0.05) is 0 Å². The van der Waals surface area contributed by atoms with Gasteiger partial charge < -0.3 is 30.3 Å². The smallest absolute Gasteiger partial charge is 0.414 e. The molecular weight excluding hydrogens is 268 g/mol. The minimum absolute atomic E-state index is 0.560. The number of rotatable bonds is 0. The molecule has 0 amide bonds. The second kappa shape index (κ2) is 6.98. The fourth-order valence-electron chi connectivity index (χ4n) is 2.58. The first kappa shape index (κ1) is 15.2. The minimum atomic E-state index is -1.82. The lowest BCUT2D eigenvalue weighted by molar-refractivity contribution is -0.159. The van der Waals surface area contributed by atoms with Crippen LogP contribution in [0.5, 0.6) is 0 Å². The summed E-state index contributed by atoms with van der Waals surface area (Å²) in [6, 6.07) is 1.40. The molecule has 0 radical (unpaired) electrons. The molecule has 4 atom stereocenters. The number of carboxylic acids is 2. The summed E-state index contributed by atoms with van der Waals surface area (Å²) < 4.78 is 10.6. The highest BCUT2D eigenvalue weighted by atomic mass is 16.5. The fraction of sp³-hybridized carbons (Fsp3) is 0.833. The summed E-state index contributed by atoms with van der Waals surface area (Å²) in [6.07, 6.45) is 3.62. The Bertz CT molecular complexity index is 294. The van der Waals surface area contributed by atoms with Crippen molar-refractivity contribution in [2.24, 2.45) is 0 Å². The molecule has 4 aliphatic rings. The summed E-state index contributed by atoms with van der Waals surface area (Å²) in [4.78, 5) is 18.2. The second-order valence-electron chi connectivity index (χ2n) is 5.20. The predicted molar refractivity (Wildman–Crippen MR) is 67.6 cm³/mol. The van der Waals surface area contributed by atoms with Crippen LogP contribution >= 0.6 is 0 Å². The summed E-state index contributed by atoms with van der Waals surface area (Å²) in [6.45, 7) is 4.07. The van der Waals surface area contributed by atoms with Crippen LogP contribution in [0.4, 0.5) is 0 Å². The quantitative estimate of drug-likeness (QED) is 0.404. The summed E-state index contributed by atoms with van der Waals surface area (Å²) in [7, 11) is 0. The molecule has 4 aliphatic heterocycles. The van der Waals surface area contributed by atoms with Crippen LogP contribution in [-0.4, -0.2) is 72.7 Å². The van der Waals surface area contributed by atoms with E-state index in [1.807, 2.05) is 0 Å². The van der Waals surface area contributed by atoms with E-state index in [4.69, 9.17) is 29.3 Å². The van der Waals surface area contributed by atoms with E-state index >= 15 is 0 Å². The Morgan fingerprint density at radius 3 is 1.30 bits per heavy atom. The van der Waals surface area contributed by atoms with Crippen molar-refractivity contribution in [3.63, 3.8) is 0 Å². The molecular formula is C12H20N2O6. The van der Waals surface area contributed by atoms with Gasteiger partial charge in [0.2, 0.25) is 0 Å². The molecule has 0 aliphatic carbocycles. The molecule has 4 fully saturated rings. The van der Waals surface area contributed by atoms with E-state index in [2.05, 4.69) is 10.6 Å². The molecule has 0 unspecified atom stereocenters. The van der Waals surface area contributed by atoms with Crippen molar-refractivity contribution in [1.29, 1.82) is 0 Å². The number of fused-ring (bicyclic) bond motifs is 4. The monoisotopic (exact) mass is 288 g/mol. The van der Waals surface area contributed by atoms with Crippen LogP contribution in [0, 0.1) is 0 Å². The van der Waals surface area contributed by atoms with Crippen molar-refractivity contribution in [3.05, 3.63) is 0 Å². The van der Waals surface area contributed by atoms with Gasteiger partial charge in [-0.3, -0.25) is 0 Å². The molecule has 8 nitrogen and oxygen atoms in total. The standard InChI is InChI=1S/2C5H9NO.C2H2O4/c2*1-4-3-7-5(1)2-6-4;3-1(4)2(5)6/h2*4-6H,1-3H2;(H,3,4)(H,5,6)/t2*4-,5+;/m11./s1. The number of morpholine rings is 2. The number of aliphatic carboxylic acids is 2. The lowest BCUT2D eigenvalue weighted by Crippen LogP contribution is -2.30. The maximum absolute atomic E-state index is 9.10. The maximum atomic E-state index is 9.10. The highest BCUT2D eigenvalue weighted by Crippen LogP contribution is 2.18. The Morgan fingerprint density at radius 2 is 1.25 bits per heavy atom. The van der Waals surface area contributed by atoms with Gasteiger partial charge in [-0.05, 0) is 12.8 Å². The number of carbonyl (C=O) groups is 2. The zero-order valence-electron chi connectivity index (χ0n) is 11.1. The van der Waals surface area contributed by atoms with Crippen molar-refractivity contribution in [3.8, 4) is 0 Å². The average molecular weight is 288 g/mol. The largest absolute Gasteiger partial charge is 0.473 e. The zero-order valence-corrected chi connectivity index (χ0v) is 11.1. The molecule has 0 aromatic heterocycles. The molecule has 0 aromatic rings. The Hall–Kier alpha value is -1.22. The van der Waals surface area contributed by atoms with E-state index in [0.29, 0.717) is 24.3 Å². The van der Waals surface area contributed by atoms with Crippen molar-refractivity contribution in [1.82, 2.24) is 10.6 Å². The van der Waals surface area contributed by atoms with Crippen molar-refractivity contribution in [2.75, 3.05) is 26.3 Å². The Balaban J connectivity index is 0.000000111. The van der Waals surface area contributed by atoms with Gasteiger partial charge in [-0.2, -0.15) is 0 Å². The minimum Gasteiger partial charge on any atom is -0.473 e. The predicted octanol–water partition coefficient (Wildman–Crippen LogP) is -1.35. The summed E-state index contributed by atoms with van der Waals surface area (Å²) in [5.41, 5.74) is 0. The molecule has 4 bridgehead atoms. The number of hydrogen-bond donors (Lipinski definition) is 4. The summed E-state index contributed by atoms with van der Waals surface area (Å²) in [5, 5.41) is 21.4. The Morgan fingerprint density at radius 1 is 0.850 bits per heavy atom. The molecule has 0 aromatic carbocycles. The SMILES string of the molecule is C1O[C@@H]2CN[C@@H]1C2.C1O[C@@H]2CN[C@@H]1C2.O=C(O)C(=O)O. The highest BCUT2D eigenvalue weighted by molar-refractivity contribution is 6.27. The number of hydrogen-bond acceptors (Lipinski definition) is 6. The molecule has 4 rings (SSSR count). The molecule has 4 N–H and O–H groups in total. The van der Waals surface area contributed by atoms with Crippen molar-refractivity contribution in [2.45, 2.75) is 37.1 Å². The van der Waals surface area contributed by atoms with Gasteiger partial charge in [0.05, 0.1) is 25.4 Å². The van der Waals surface area contributed by atoms with Crippen LogP contribution < -0.4 is 10.6 Å². The van der Waals surface area contributed by atoms with E-state index in [9.17, 15) is 0 Å². The summed E-state index contributed by atoms with van der Waals surface area (Å²) in [5.74, 6) is -3.65. The van der Waals surface area contributed by atoms with Gasteiger partial charge in [-0.25, -0.2) is 9.59 Å². The first-order chi connectivity index (χ1) is 9.54. The number of carboxylic acid groups (broad SMARTS) is 2. The van der Waals surface area contributed by atoms with Crippen LogP contribution in [0.3, 0.4) is 0 Å². The lowest BCUT2D eigenvalue weighted by Gasteiger charge is -2.09. The van der Waals surface area contributed by atoms with Crippen LogP contribution in [0.15, 0.2) is 0 Å². The normalized spacial score (nSPS) is 35.8. The third-order valence-electron chi connectivity index (χ3n) is 3.61. The zero-order chi connectivity index (χ0) is 14.5. The third kappa shape index (κ3) is 4.41. The molecule has 4 heterocycles. The van der Waals surface area contributed by atoms with Gasteiger partial charge in [0.25, 0.3) is 0 Å². The highest BCUT2D eigenvalue weighted by Gasteiger charge is 2.31. The van der Waals surface area contributed by atoms with E-state index in [-0.39, 0.29) is 0 Å². The van der Waals surface area contributed by atoms with E-state index < -0.39 is 11.9 Å². The van der Waals surface area contributed by atoms with Gasteiger partial charge in [0, 0.05) is 25.2 Å². The van der Waals surface area contributed by atoms with Crippen LogP contribution in [0.1, 0.15) is 12.8 Å². The molecule has 4 saturated heterocycles. The molecule has 8 heteroatoms. The maximum Gasteiger partial charge on any atom is 0.414 e. The van der Waals surface area contributed by atoms with E-state index in [1.165, 1.54) is 12.8 Å². The number of ether oxygens (including phenoxy) is 2. The Kier molecular flexibility index (Phi) is 5.30. The number of nitrogens with one attached hydrogen (secondary N) is 2. The fourth-order valence-corrected chi connectivity index (χ4v) is 2.58. The molecule has 0 spiro atoms.